The van der Waals surface area contributed by atoms with E-state index in [1.54, 1.807) is 6.92 Å². The fraction of sp³-hybridized carbons (Fsp3) is 0.250. The summed E-state index contributed by atoms with van der Waals surface area (Å²) in [5, 5.41) is -0.0279. The Hall–Kier alpha value is -2.11. The Labute approximate surface area is 102 Å². The third kappa shape index (κ3) is 1.79. The second-order valence-corrected chi connectivity index (χ2v) is 3.52. The summed E-state index contributed by atoms with van der Waals surface area (Å²) in [6.45, 7) is 1.78. The molecule has 2 rings (SSSR count). The Morgan fingerprint density at radius 2 is 2.17 bits per heavy atom. The largest absolute Gasteiger partial charge is 0.494 e. The van der Waals surface area contributed by atoms with Crippen LogP contribution in [0.5, 0.6) is 5.75 Å². The molecule has 0 amide bonds. The summed E-state index contributed by atoms with van der Waals surface area (Å²) in [5.41, 5.74) is -0.160. The van der Waals surface area contributed by atoms with E-state index >= 15 is 0 Å². The first-order valence-corrected chi connectivity index (χ1v) is 5.30. The first kappa shape index (κ1) is 12.3. The molecule has 0 saturated heterocycles. The minimum absolute atomic E-state index is 0.0279. The molecule has 18 heavy (non-hydrogen) atoms. The molecule has 0 spiro atoms. The molecule has 0 N–H and O–H groups in total. The average Bonchev–Trinajstić information content (AvgIpc) is 2.79. The fourth-order valence-corrected chi connectivity index (χ4v) is 1.73. The van der Waals surface area contributed by atoms with Gasteiger partial charge in [-0.25, -0.2) is 18.1 Å². The minimum atomic E-state index is -0.754. The predicted octanol–water partition coefficient (Wildman–Crippen LogP) is 2.93. The fourth-order valence-electron chi connectivity index (χ4n) is 1.73. The van der Waals surface area contributed by atoms with E-state index in [9.17, 15) is 13.6 Å². The van der Waals surface area contributed by atoms with Crippen molar-refractivity contribution in [2.75, 3.05) is 13.7 Å². The van der Waals surface area contributed by atoms with Gasteiger partial charge in [-0.2, -0.15) is 0 Å². The monoisotopic (exact) mass is 255 g/mol. The van der Waals surface area contributed by atoms with E-state index in [0.717, 1.165) is 10.6 Å². The molecule has 0 fully saturated rings. The molecule has 0 aliphatic carbocycles. The summed E-state index contributed by atoms with van der Waals surface area (Å²) in [7, 11) is 1.24. The third-order valence-corrected chi connectivity index (χ3v) is 2.51. The van der Waals surface area contributed by atoms with Crippen LogP contribution in [0.3, 0.4) is 0 Å². The van der Waals surface area contributed by atoms with Gasteiger partial charge in [0.2, 0.25) is 0 Å². The van der Waals surface area contributed by atoms with Crippen LogP contribution in [0.2, 0.25) is 0 Å². The third-order valence-electron chi connectivity index (χ3n) is 2.51. The molecule has 2 aromatic rings. The van der Waals surface area contributed by atoms with Crippen molar-refractivity contribution in [3.05, 3.63) is 30.0 Å². The van der Waals surface area contributed by atoms with Gasteiger partial charge in [-0.3, -0.25) is 0 Å². The summed E-state index contributed by atoms with van der Waals surface area (Å²) in [6, 6.07) is 2.20. The van der Waals surface area contributed by atoms with E-state index < -0.39 is 17.7 Å². The van der Waals surface area contributed by atoms with E-state index in [0.29, 0.717) is 0 Å². The number of aromatic nitrogens is 1. The lowest BCUT2D eigenvalue weighted by molar-refractivity contribution is 0.155. The van der Waals surface area contributed by atoms with Crippen molar-refractivity contribution in [2.45, 2.75) is 6.92 Å². The molecule has 1 aromatic carbocycles. The molecule has 0 saturated carbocycles. The Morgan fingerprint density at radius 1 is 1.44 bits per heavy atom. The highest BCUT2D eigenvalue weighted by Crippen LogP contribution is 2.29. The van der Waals surface area contributed by atoms with Crippen LogP contribution in [-0.4, -0.2) is 24.4 Å². The lowest BCUT2D eigenvalue weighted by atomic mass is 10.2. The van der Waals surface area contributed by atoms with Gasteiger partial charge < -0.3 is 9.47 Å². The summed E-state index contributed by atoms with van der Waals surface area (Å²) < 4.78 is 38.1. The van der Waals surface area contributed by atoms with Crippen molar-refractivity contribution in [2.24, 2.45) is 0 Å². The first-order valence-electron chi connectivity index (χ1n) is 5.30. The predicted molar refractivity (Wildman–Crippen MR) is 60.8 cm³/mol. The lowest BCUT2D eigenvalue weighted by Crippen LogP contribution is -2.13. The maximum Gasteiger partial charge on any atom is 0.418 e. The van der Waals surface area contributed by atoms with Crippen molar-refractivity contribution in [3.63, 3.8) is 0 Å². The summed E-state index contributed by atoms with van der Waals surface area (Å²) in [6.07, 6.45) is 0.504. The SMILES string of the molecule is CCOC(=O)n1ccc2c(F)c(OC)cc(F)c21. The van der Waals surface area contributed by atoms with Gasteiger partial charge in [0.25, 0.3) is 0 Å². The van der Waals surface area contributed by atoms with Gasteiger partial charge in [0.1, 0.15) is 0 Å². The van der Waals surface area contributed by atoms with Crippen molar-refractivity contribution >= 4 is 17.0 Å². The van der Waals surface area contributed by atoms with Crippen molar-refractivity contribution in [1.82, 2.24) is 4.57 Å². The Bertz CT molecular complexity index is 607. The van der Waals surface area contributed by atoms with E-state index in [-0.39, 0.29) is 23.3 Å². The van der Waals surface area contributed by atoms with E-state index in [2.05, 4.69) is 0 Å². The maximum absolute atomic E-state index is 13.9. The standard InChI is InChI=1S/C12H11F2NO3/c1-3-18-12(16)15-5-4-7-10(14)9(17-2)6-8(13)11(7)15/h4-6H,3H2,1-2H3. The highest BCUT2D eigenvalue weighted by Gasteiger charge is 2.19. The summed E-state index contributed by atoms with van der Waals surface area (Å²) in [4.78, 5) is 11.6. The Kier molecular flexibility index (Phi) is 3.18. The quantitative estimate of drug-likeness (QED) is 0.828. The Morgan fingerprint density at radius 3 is 2.78 bits per heavy atom. The molecule has 0 radical (unpaired) electrons. The number of ether oxygens (including phenoxy) is 2. The summed E-state index contributed by atoms with van der Waals surface area (Å²) >= 11 is 0. The van der Waals surface area contributed by atoms with Crippen molar-refractivity contribution in [1.29, 1.82) is 0 Å². The smallest absolute Gasteiger partial charge is 0.418 e. The van der Waals surface area contributed by atoms with Crippen molar-refractivity contribution < 1.29 is 23.0 Å². The number of benzene rings is 1. The molecule has 1 heterocycles. The van der Waals surface area contributed by atoms with E-state index in [1.807, 2.05) is 0 Å². The van der Waals surface area contributed by atoms with Gasteiger partial charge in [0.15, 0.2) is 17.4 Å². The number of carbonyl (C=O) groups excluding carboxylic acids is 1. The number of hydrogen-bond acceptors (Lipinski definition) is 3. The highest BCUT2D eigenvalue weighted by molar-refractivity contribution is 5.91. The first-order chi connectivity index (χ1) is 8.60. The van der Waals surface area contributed by atoms with Gasteiger partial charge in [0.05, 0.1) is 19.2 Å². The molecule has 4 nitrogen and oxygen atoms in total. The minimum Gasteiger partial charge on any atom is -0.494 e. The zero-order valence-corrected chi connectivity index (χ0v) is 9.87. The average molecular weight is 255 g/mol. The van der Waals surface area contributed by atoms with Gasteiger partial charge in [-0.15, -0.1) is 0 Å². The number of halogens is 2. The molecule has 1 aromatic heterocycles. The van der Waals surface area contributed by atoms with Crippen molar-refractivity contribution in [3.8, 4) is 5.75 Å². The molecule has 0 bridgehead atoms. The normalized spacial score (nSPS) is 10.7. The summed E-state index contributed by atoms with van der Waals surface area (Å²) in [5.74, 6) is -1.67. The van der Waals surface area contributed by atoms with E-state index in [4.69, 9.17) is 9.47 Å². The topological polar surface area (TPSA) is 40.5 Å². The Balaban J connectivity index is 2.67. The van der Waals surface area contributed by atoms with Crippen LogP contribution in [0, 0.1) is 11.6 Å². The molecule has 0 atom stereocenters. The van der Waals surface area contributed by atoms with Gasteiger partial charge in [0, 0.05) is 17.6 Å². The number of methoxy groups -OCH3 is 1. The maximum atomic E-state index is 13.9. The molecule has 96 valence electrons. The number of rotatable bonds is 2. The van der Waals surface area contributed by atoms with E-state index in [1.165, 1.54) is 19.4 Å². The van der Waals surface area contributed by atoms with Gasteiger partial charge in [-0.05, 0) is 13.0 Å². The number of carbonyl (C=O) groups is 1. The zero-order valence-electron chi connectivity index (χ0n) is 9.87. The molecule has 0 aliphatic rings. The molecule has 0 aliphatic heterocycles. The molecule has 6 heteroatoms. The van der Waals surface area contributed by atoms with Crippen LogP contribution in [-0.2, 0) is 4.74 Å². The lowest BCUT2D eigenvalue weighted by Gasteiger charge is -2.07. The van der Waals surface area contributed by atoms with Crippen LogP contribution in [0.15, 0.2) is 18.3 Å². The van der Waals surface area contributed by atoms with Crippen LogP contribution in [0.25, 0.3) is 10.9 Å². The van der Waals surface area contributed by atoms with Crippen LogP contribution >= 0.6 is 0 Å². The molecular weight excluding hydrogens is 244 g/mol. The van der Waals surface area contributed by atoms with Gasteiger partial charge >= 0.3 is 6.09 Å². The molecule has 0 unspecified atom stereocenters. The second kappa shape index (κ2) is 4.64. The van der Waals surface area contributed by atoms with Crippen LogP contribution < -0.4 is 4.74 Å². The molecular formula is C12H11F2NO3. The number of nitrogens with zero attached hydrogens (tertiary/aromatic N) is 1. The number of fused-ring (bicyclic) bond motifs is 1. The van der Waals surface area contributed by atoms with Gasteiger partial charge in [-0.1, -0.05) is 0 Å². The van der Waals surface area contributed by atoms with Crippen LogP contribution in [0.4, 0.5) is 13.6 Å². The highest BCUT2D eigenvalue weighted by atomic mass is 19.1. The second-order valence-electron chi connectivity index (χ2n) is 3.52. The zero-order chi connectivity index (χ0) is 13.3. The van der Waals surface area contributed by atoms with Crippen LogP contribution in [0.1, 0.15) is 6.92 Å². The number of hydrogen-bond donors (Lipinski definition) is 0.